The van der Waals surface area contributed by atoms with Crippen molar-refractivity contribution >= 4 is 5.82 Å². The van der Waals surface area contributed by atoms with Crippen LogP contribution >= 0.6 is 0 Å². The molecule has 3 aliphatic rings. The molecule has 0 aromatic carbocycles. The molecule has 0 spiro atoms. The Morgan fingerprint density at radius 3 is 3.04 bits per heavy atom. The highest BCUT2D eigenvalue weighted by Crippen LogP contribution is 2.46. The zero-order valence-corrected chi connectivity index (χ0v) is 15.9. The zero-order valence-electron chi connectivity index (χ0n) is 15.9. The Kier molecular flexibility index (Phi) is 4.53. The number of pyridine rings is 1. The van der Waals surface area contributed by atoms with Gasteiger partial charge in [0.05, 0.1) is 11.8 Å². The lowest BCUT2D eigenvalue weighted by atomic mass is 9.97. The summed E-state index contributed by atoms with van der Waals surface area (Å²) >= 11 is 0. The standard InChI is InChI=1S/C21H27N5O/c1-14-24-18-10-16-6-7-19(26(16)13-15-4-2-8-22-11-15)20(18)21(25-14)23-12-17-5-3-9-27-17/h2,4,8,11,16-17,19H,3,5-7,9-10,12-13H2,1H3,(H,23,24,25)/t16-,17+,19+/m0/s1. The maximum Gasteiger partial charge on any atom is 0.134 e. The van der Waals surface area contributed by atoms with E-state index in [9.17, 15) is 0 Å². The van der Waals surface area contributed by atoms with Crippen LogP contribution in [-0.4, -0.2) is 45.1 Å². The van der Waals surface area contributed by atoms with Gasteiger partial charge in [-0.25, -0.2) is 9.97 Å². The van der Waals surface area contributed by atoms with E-state index in [0.717, 1.165) is 50.6 Å². The van der Waals surface area contributed by atoms with Gasteiger partial charge in [0.15, 0.2) is 0 Å². The maximum atomic E-state index is 5.79. The third-order valence-corrected chi connectivity index (χ3v) is 6.15. The predicted molar refractivity (Wildman–Crippen MR) is 103 cm³/mol. The summed E-state index contributed by atoms with van der Waals surface area (Å²) in [5.41, 5.74) is 3.84. The van der Waals surface area contributed by atoms with Gasteiger partial charge in [-0.05, 0) is 44.2 Å². The van der Waals surface area contributed by atoms with Crippen molar-refractivity contribution in [2.24, 2.45) is 0 Å². The second-order valence-corrected chi connectivity index (χ2v) is 7.98. The Balaban J connectivity index is 1.42. The number of nitrogens with zero attached hydrogens (tertiary/aromatic N) is 4. The number of nitrogens with one attached hydrogen (secondary N) is 1. The SMILES string of the molecule is Cc1nc2c(c(NC[C@H]3CCCO3)n1)[C@H]1CC[C@@H](C2)N1Cc1cccnc1. The molecule has 2 aromatic rings. The summed E-state index contributed by atoms with van der Waals surface area (Å²) in [7, 11) is 0. The van der Waals surface area contributed by atoms with Crippen molar-refractivity contribution in [2.45, 2.75) is 63.8 Å². The molecule has 6 heteroatoms. The summed E-state index contributed by atoms with van der Waals surface area (Å²) in [4.78, 5) is 16.5. The van der Waals surface area contributed by atoms with E-state index in [1.165, 1.54) is 29.7 Å². The lowest BCUT2D eigenvalue weighted by Gasteiger charge is -2.36. The van der Waals surface area contributed by atoms with E-state index in [4.69, 9.17) is 14.7 Å². The number of anilines is 1. The molecule has 142 valence electrons. The highest BCUT2D eigenvalue weighted by atomic mass is 16.5. The summed E-state index contributed by atoms with van der Waals surface area (Å²) in [5, 5.41) is 3.61. The van der Waals surface area contributed by atoms with E-state index in [1.54, 1.807) is 0 Å². The second-order valence-electron chi connectivity index (χ2n) is 7.98. The molecule has 0 amide bonds. The monoisotopic (exact) mass is 365 g/mol. The summed E-state index contributed by atoms with van der Waals surface area (Å²) in [6, 6.07) is 5.16. The number of rotatable bonds is 5. The topological polar surface area (TPSA) is 63.2 Å². The van der Waals surface area contributed by atoms with Crippen LogP contribution in [0.3, 0.4) is 0 Å². The maximum absolute atomic E-state index is 5.79. The molecule has 5 heterocycles. The van der Waals surface area contributed by atoms with Crippen LogP contribution in [0.1, 0.15) is 54.4 Å². The third kappa shape index (κ3) is 3.32. The lowest BCUT2D eigenvalue weighted by molar-refractivity contribution is 0.120. The molecule has 0 saturated carbocycles. The van der Waals surface area contributed by atoms with Crippen molar-refractivity contribution in [3.63, 3.8) is 0 Å². The highest BCUT2D eigenvalue weighted by molar-refractivity contribution is 5.51. The molecular formula is C21H27N5O. The first-order chi connectivity index (χ1) is 13.3. The van der Waals surface area contributed by atoms with Crippen LogP contribution < -0.4 is 5.32 Å². The van der Waals surface area contributed by atoms with Crippen molar-refractivity contribution in [1.82, 2.24) is 19.9 Å². The van der Waals surface area contributed by atoms with Gasteiger partial charge in [-0.15, -0.1) is 0 Å². The molecule has 0 radical (unpaired) electrons. The lowest BCUT2D eigenvalue weighted by Crippen LogP contribution is -2.38. The van der Waals surface area contributed by atoms with Gasteiger partial charge in [0.2, 0.25) is 0 Å². The number of fused-ring (bicyclic) bond motifs is 4. The summed E-state index contributed by atoms with van der Waals surface area (Å²) in [5.74, 6) is 1.89. The van der Waals surface area contributed by atoms with Crippen molar-refractivity contribution in [3.05, 3.63) is 47.2 Å². The zero-order chi connectivity index (χ0) is 18.2. The van der Waals surface area contributed by atoms with Gasteiger partial charge in [-0.1, -0.05) is 6.07 Å². The minimum Gasteiger partial charge on any atom is -0.376 e. The molecule has 2 aromatic heterocycles. The largest absolute Gasteiger partial charge is 0.376 e. The van der Waals surface area contributed by atoms with Gasteiger partial charge in [-0.2, -0.15) is 0 Å². The molecule has 2 saturated heterocycles. The molecule has 2 bridgehead atoms. The molecule has 1 N–H and O–H groups in total. The fourth-order valence-electron chi connectivity index (χ4n) is 4.93. The number of hydrogen-bond donors (Lipinski definition) is 1. The van der Waals surface area contributed by atoms with E-state index < -0.39 is 0 Å². The summed E-state index contributed by atoms with van der Waals surface area (Å²) in [6.45, 7) is 4.67. The Morgan fingerprint density at radius 1 is 1.26 bits per heavy atom. The quantitative estimate of drug-likeness (QED) is 0.879. The van der Waals surface area contributed by atoms with E-state index in [2.05, 4.69) is 21.3 Å². The molecule has 6 nitrogen and oxygen atoms in total. The molecule has 5 rings (SSSR count). The molecule has 0 aliphatic carbocycles. The Morgan fingerprint density at radius 2 is 2.22 bits per heavy atom. The molecule has 3 atom stereocenters. The van der Waals surface area contributed by atoms with Crippen LogP contribution in [-0.2, 0) is 17.7 Å². The number of ether oxygens (including phenoxy) is 1. The molecule has 27 heavy (non-hydrogen) atoms. The predicted octanol–water partition coefficient (Wildman–Crippen LogP) is 3.03. The summed E-state index contributed by atoms with van der Waals surface area (Å²) in [6.07, 6.45) is 9.86. The highest BCUT2D eigenvalue weighted by Gasteiger charge is 2.42. The normalized spacial score (nSPS) is 26.9. The average Bonchev–Trinajstić information content (AvgIpc) is 3.28. The smallest absolute Gasteiger partial charge is 0.134 e. The summed E-state index contributed by atoms with van der Waals surface area (Å²) < 4.78 is 5.79. The van der Waals surface area contributed by atoms with Crippen LogP contribution in [0.25, 0.3) is 0 Å². The Labute approximate surface area is 160 Å². The van der Waals surface area contributed by atoms with Crippen LogP contribution in [0.4, 0.5) is 5.82 Å². The number of aromatic nitrogens is 3. The minimum atomic E-state index is 0.308. The number of hydrogen-bond acceptors (Lipinski definition) is 6. The molecular weight excluding hydrogens is 338 g/mol. The van der Waals surface area contributed by atoms with Gasteiger partial charge in [0.25, 0.3) is 0 Å². The van der Waals surface area contributed by atoms with E-state index in [-0.39, 0.29) is 0 Å². The van der Waals surface area contributed by atoms with Crippen LogP contribution in [0.2, 0.25) is 0 Å². The second kappa shape index (κ2) is 7.17. The van der Waals surface area contributed by atoms with E-state index in [1.807, 2.05) is 25.4 Å². The van der Waals surface area contributed by atoms with Gasteiger partial charge >= 0.3 is 0 Å². The van der Waals surface area contributed by atoms with Crippen molar-refractivity contribution in [1.29, 1.82) is 0 Å². The van der Waals surface area contributed by atoms with Crippen LogP contribution in [0.5, 0.6) is 0 Å². The fourth-order valence-corrected chi connectivity index (χ4v) is 4.93. The molecule has 3 aliphatic heterocycles. The van der Waals surface area contributed by atoms with Crippen LogP contribution in [0.15, 0.2) is 24.5 Å². The minimum absolute atomic E-state index is 0.308. The third-order valence-electron chi connectivity index (χ3n) is 6.15. The fraction of sp³-hybridized carbons (Fsp3) is 0.571. The van der Waals surface area contributed by atoms with E-state index in [0.29, 0.717) is 18.2 Å². The van der Waals surface area contributed by atoms with Crippen LogP contribution in [0, 0.1) is 6.92 Å². The molecule has 2 fully saturated rings. The Hall–Kier alpha value is -2.05. The van der Waals surface area contributed by atoms with Gasteiger partial charge in [0.1, 0.15) is 11.6 Å². The van der Waals surface area contributed by atoms with E-state index >= 15 is 0 Å². The van der Waals surface area contributed by atoms with Gasteiger partial charge in [0, 0.05) is 56.2 Å². The first-order valence-corrected chi connectivity index (χ1v) is 10.2. The van der Waals surface area contributed by atoms with Crippen molar-refractivity contribution in [3.8, 4) is 0 Å². The van der Waals surface area contributed by atoms with Crippen molar-refractivity contribution < 1.29 is 4.74 Å². The van der Waals surface area contributed by atoms with Crippen molar-refractivity contribution in [2.75, 3.05) is 18.5 Å². The first-order valence-electron chi connectivity index (χ1n) is 10.2. The Bertz CT molecular complexity index is 806. The number of aryl methyl sites for hydroxylation is 1. The average molecular weight is 365 g/mol. The first kappa shape index (κ1) is 17.1. The van der Waals surface area contributed by atoms with Gasteiger partial charge in [-0.3, -0.25) is 9.88 Å². The molecule has 0 unspecified atom stereocenters. The van der Waals surface area contributed by atoms with Gasteiger partial charge < -0.3 is 10.1 Å².